The second-order valence-corrected chi connectivity index (χ2v) is 6.20. The van der Waals surface area contributed by atoms with Gasteiger partial charge in [0.2, 0.25) is 0 Å². The molecule has 3 heteroatoms. The Bertz CT molecular complexity index is 489. The maximum atomic E-state index is 5.95. The molecule has 1 aromatic heterocycles. The van der Waals surface area contributed by atoms with Crippen molar-refractivity contribution in [2.45, 2.75) is 32.7 Å². The van der Waals surface area contributed by atoms with Crippen LogP contribution >= 0.6 is 22.9 Å². The second-order valence-electron chi connectivity index (χ2n) is 4.45. The molecular formula is C15H18ClNS. The molecule has 1 atom stereocenters. The van der Waals surface area contributed by atoms with Crippen LogP contribution in [0.3, 0.4) is 0 Å². The Hall–Kier alpha value is -0.990. The van der Waals surface area contributed by atoms with Gasteiger partial charge in [-0.05, 0) is 43.2 Å². The molecule has 0 aliphatic heterocycles. The van der Waals surface area contributed by atoms with Crippen molar-refractivity contribution in [3.05, 3.63) is 51.2 Å². The molecule has 1 unspecified atom stereocenters. The van der Waals surface area contributed by atoms with Gasteiger partial charge in [-0.15, -0.1) is 11.3 Å². The van der Waals surface area contributed by atoms with Gasteiger partial charge < -0.3 is 5.32 Å². The number of halogens is 1. The van der Waals surface area contributed by atoms with E-state index in [4.69, 9.17) is 11.6 Å². The predicted molar refractivity (Wildman–Crippen MR) is 81.8 cm³/mol. The van der Waals surface area contributed by atoms with E-state index in [2.05, 4.69) is 49.5 Å². The number of benzene rings is 1. The zero-order valence-electron chi connectivity index (χ0n) is 10.7. The summed E-state index contributed by atoms with van der Waals surface area (Å²) in [7, 11) is 0. The summed E-state index contributed by atoms with van der Waals surface area (Å²) in [6, 6.07) is 13.0. The average molecular weight is 280 g/mol. The Kier molecular flexibility index (Phi) is 4.67. The summed E-state index contributed by atoms with van der Waals surface area (Å²) in [5, 5.41) is 3.49. The summed E-state index contributed by atoms with van der Waals surface area (Å²) >= 11 is 7.58. The standard InChI is InChI=1S/C15H18ClNS/c1-3-4-12-5-7-13(8-6-12)17-11(2)14-9-10-15(16)18-14/h5-11,17H,3-4H2,1-2H3. The van der Waals surface area contributed by atoms with E-state index in [0.29, 0.717) is 6.04 Å². The van der Waals surface area contributed by atoms with Crippen LogP contribution in [0.25, 0.3) is 0 Å². The number of thiophene rings is 1. The normalized spacial score (nSPS) is 12.4. The van der Waals surface area contributed by atoms with Crippen LogP contribution in [0.2, 0.25) is 4.34 Å². The Labute approximate surface area is 118 Å². The molecule has 96 valence electrons. The molecule has 0 aliphatic rings. The fourth-order valence-electron chi connectivity index (χ4n) is 1.94. The SMILES string of the molecule is CCCc1ccc(NC(C)c2ccc(Cl)s2)cc1. The zero-order valence-corrected chi connectivity index (χ0v) is 12.3. The highest BCUT2D eigenvalue weighted by Crippen LogP contribution is 2.29. The van der Waals surface area contributed by atoms with Crippen LogP contribution in [-0.2, 0) is 6.42 Å². The lowest BCUT2D eigenvalue weighted by Crippen LogP contribution is -2.04. The lowest BCUT2D eigenvalue weighted by atomic mass is 10.1. The first-order chi connectivity index (χ1) is 8.69. The first kappa shape index (κ1) is 13.4. The highest BCUT2D eigenvalue weighted by atomic mass is 35.5. The Morgan fingerprint density at radius 1 is 1.17 bits per heavy atom. The van der Waals surface area contributed by atoms with Crippen LogP contribution in [0, 0.1) is 0 Å². The van der Waals surface area contributed by atoms with Crippen molar-refractivity contribution in [2.24, 2.45) is 0 Å². The number of hydrogen-bond acceptors (Lipinski definition) is 2. The molecule has 2 rings (SSSR count). The molecule has 0 amide bonds. The number of rotatable bonds is 5. The van der Waals surface area contributed by atoms with E-state index in [9.17, 15) is 0 Å². The van der Waals surface area contributed by atoms with Gasteiger partial charge in [0.15, 0.2) is 0 Å². The van der Waals surface area contributed by atoms with E-state index >= 15 is 0 Å². The number of nitrogens with one attached hydrogen (secondary N) is 1. The van der Waals surface area contributed by atoms with E-state index < -0.39 is 0 Å². The largest absolute Gasteiger partial charge is 0.378 e. The first-order valence-electron chi connectivity index (χ1n) is 6.29. The number of hydrogen-bond donors (Lipinski definition) is 1. The first-order valence-corrected chi connectivity index (χ1v) is 7.49. The number of anilines is 1. The molecule has 0 spiro atoms. The van der Waals surface area contributed by atoms with Crippen LogP contribution in [0.5, 0.6) is 0 Å². The van der Waals surface area contributed by atoms with Crippen molar-refractivity contribution < 1.29 is 0 Å². The van der Waals surface area contributed by atoms with Gasteiger partial charge in [0, 0.05) is 10.6 Å². The molecule has 0 saturated heterocycles. The molecule has 18 heavy (non-hydrogen) atoms. The lowest BCUT2D eigenvalue weighted by Gasteiger charge is -2.14. The molecule has 0 saturated carbocycles. The van der Waals surface area contributed by atoms with Gasteiger partial charge in [0.1, 0.15) is 0 Å². The molecule has 1 heterocycles. The minimum absolute atomic E-state index is 0.291. The van der Waals surface area contributed by atoms with Crippen molar-refractivity contribution >= 4 is 28.6 Å². The fraction of sp³-hybridized carbons (Fsp3) is 0.333. The minimum atomic E-state index is 0.291. The van der Waals surface area contributed by atoms with Crippen molar-refractivity contribution in [1.29, 1.82) is 0 Å². The molecule has 0 aliphatic carbocycles. The summed E-state index contributed by atoms with van der Waals surface area (Å²) in [4.78, 5) is 1.26. The van der Waals surface area contributed by atoms with E-state index in [0.717, 1.165) is 16.4 Å². The van der Waals surface area contributed by atoms with E-state index in [1.165, 1.54) is 16.9 Å². The van der Waals surface area contributed by atoms with E-state index in [1.54, 1.807) is 11.3 Å². The molecule has 1 aromatic carbocycles. The molecule has 0 radical (unpaired) electrons. The summed E-state index contributed by atoms with van der Waals surface area (Å²) in [5.41, 5.74) is 2.56. The lowest BCUT2D eigenvalue weighted by molar-refractivity contribution is 0.903. The third-order valence-corrected chi connectivity index (χ3v) is 4.31. The van der Waals surface area contributed by atoms with Crippen LogP contribution in [0.1, 0.15) is 36.8 Å². The highest BCUT2D eigenvalue weighted by molar-refractivity contribution is 7.16. The molecule has 2 aromatic rings. The predicted octanol–water partition coefficient (Wildman–Crippen LogP) is 5.53. The van der Waals surface area contributed by atoms with Crippen molar-refractivity contribution in [3.63, 3.8) is 0 Å². The maximum absolute atomic E-state index is 5.95. The third kappa shape index (κ3) is 3.50. The van der Waals surface area contributed by atoms with E-state index in [1.807, 2.05) is 6.07 Å². The number of aryl methyl sites for hydroxylation is 1. The summed E-state index contributed by atoms with van der Waals surface area (Å²) < 4.78 is 0.844. The Balaban J connectivity index is 2.00. The Morgan fingerprint density at radius 3 is 2.44 bits per heavy atom. The molecule has 1 nitrogen and oxygen atoms in total. The van der Waals surface area contributed by atoms with Gasteiger partial charge >= 0.3 is 0 Å². The van der Waals surface area contributed by atoms with Crippen LogP contribution < -0.4 is 5.32 Å². The summed E-state index contributed by atoms with van der Waals surface area (Å²) in [6.45, 7) is 4.36. The maximum Gasteiger partial charge on any atom is 0.0932 e. The molecule has 0 bridgehead atoms. The monoisotopic (exact) mass is 279 g/mol. The Morgan fingerprint density at radius 2 is 1.89 bits per heavy atom. The minimum Gasteiger partial charge on any atom is -0.378 e. The highest BCUT2D eigenvalue weighted by Gasteiger charge is 2.07. The summed E-state index contributed by atoms with van der Waals surface area (Å²) in [5.74, 6) is 0. The third-order valence-electron chi connectivity index (χ3n) is 2.90. The fourth-order valence-corrected chi connectivity index (χ4v) is 3.00. The van der Waals surface area contributed by atoms with Gasteiger partial charge in [-0.1, -0.05) is 37.1 Å². The van der Waals surface area contributed by atoms with E-state index in [-0.39, 0.29) is 0 Å². The molecule has 0 fully saturated rings. The molecule has 1 N–H and O–H groups in total. The van der Waals surface area contributed by atoms with Crippen LogP contribution in [0.15, 0.2) is 36.4 Å². The van der Waals surface area contributed by atoms with Crippen molar-refractivity contribution in [3.8, 4) is 0 Å². The van der Waals surface area contributed by atoms with Gasteiger partial charge in [-0.25, -0.2) is 0 Å². The zero-order chi connectivity index (χ0) is 13.0. The average Bonchev–Trinajstić information content (AvgIpc) is 2.79. The van der Waals surface area contributed by atoms with Gasteiger partial charge in [0.05, 0.1) is 10.4 Å². The van der Waals surface area contributed by atoms with Crippen LogP contribution in [0.4, 0.5) is 5.69 Å². The quantitative estimate of drug-likeness (QED) is 0.759. The topological polar surface area (TPSA) is 12.0 Å². The van der Waals surface area contributed by atoms with Gasteiger partial charge in [0.25, 0.3) is 0 Å². The summed E-state index contributed by atoms with van der Waals surface area (Å²) in [6.07, 6.45) is 2.34. The van der Waals surface area contributed by atoms with Crippen molar-refractivity contribution in [2.75, 3.05) is 5.32 Å². The van der Waals surface area contributed by atoms with Gasteiger partial charge in [-0.3, -0.25) is 0 Å². The van der Waals surface area contributed by atoms with Gasteiger partial charge in [-0.2, -0.15) is 0 Å². The second kappa shape index (κ2) is 6.26. The van der Waals surface area contributed by atoms with Crippen LogP contribution in [-0.4, -0.2) is 0 Å². The smallest absolute Gasteiger partial charge is 0.0932 e. The molecular weight excluding hydrogens is 262 g/mol. The van der Waals surface area contributed by atoms with Crippen molar-refractivity contribution in [1.82, 2.24) is 0 Å².